The summed E-state index contributed by atoms with van der Waals surface area (Å²) in [6.45, 7) is 0.549. The highest BCUT2D eigenvalue weighted by Crippen LogP contribution is 2.30. The number of aliphatic carboxylic acids is 1. The van der Waals surface area contributed by atoms with Crippen molar-refractivity contribution in [3.63, 3.8) is 0 Å². The van der Waals surface area contributed by atoms with Crippen LogP contribution in [0.2, 0.25) is 0 Å². The predicted molar refractivity (Wildman–Crippen MR) is 106 cm³/mol. The molecule has 8 heteroatoms. The average Bonchev–Trinajstić information content (AvgIpc) is 2.75. The van der Waals surface area contributed by atoms with Crippen LogP contribution in [-0.4, -0.2) is 47.0 Å². The van der Waals surface area contributed by atoms with Crippen LogP contribution >= 0.6 is 0 Å². The number of hydrogen-bond acceptors (Lipinski definition) is 6. The second-order valence-electron chi connectivity index (χ2n) is 7.11. The number of ether oxygens (including phenoxy) is 2. The van der Waals surface area contributed by atoms with Crippen molar-refractivity contribution in [3.8, 4) is 0 Å². The molecule has 2 aromatic rings. The van der Waals surface area contributed by atoms with E-state index in [9.17, 15) is 9.59 Å². The van der Waals surface area contributed by atoms with Gasteiger partial charge in [-0.15, -0.1) is 0 Å². The lowest BCUT2D eigenvalue weighted by atomic mass is 9.83. The Hall–Kier alpha value is -3.00. The lowest BCUT2D eigenvalue weighted by Crippen LogP contribution is -2.30. The summed E-state index contributed by atoms with van der Waals surface area (Å²) in [4.78, 5) is 33.0. The van der Waals surface area contributed by atoms with Crippen molar-refractivity contribution < 1.29 is 24.2 Å². The van der Waals surface area contributed by atoms with Crippen molar-refractivity contribution in [1.82, 2.24) is 9.97 Å². The van der Waals surface area contributed by atoms with E-state index in [0.29, 0.717) is 30.6 Å². The number of hydrogen-bond donors (Lipinski definition) is 1. The van der Waals surface area contributed by atoms with Crippen LogP contribution in [-0.2, 0) is 14.3 Å². The molecule has 1 aromatic heterocycles. The number of carbonyl (C=O) groups excluding carboxylic acids is 1. The van der Waals surface area contributed by atoms with Crippen molar-refractivity contribution in [3.05, 3.63) is 48.9 Å². The lowest BCUT2D eigenvalue weighted by Gasteiger charge is -2.28. The number of benzene rings is 1. The quantitative estimate of drug-likeness (QED) is 0.723. The molecule has 1 N–H and O–H groups in total. The zero-order chi connectivity index (χ0) is 20.5. The van der Waals surface area contributed by atoms with E-state index in [1.807, 2.05) is 30.3 Å². The Kier molecular flexibility index (Phi) is 7.52. The molecule has 1 heterocycles. The summed E-state index contributed by atoms with van der Waals surface area (Å²) in [5.74, 6) is 0.107. The monoisotopic (exact) mass is 399 g/mol. The van der Waals surface area contributed by atoms with Gasteiger partial charge in [-0.25, -0.2) is 19.5 Å². The number of amides is 1. The molecule has 1 aliphatic carbocycles. The van der Waals surface area contributed by atoms with E-state index in [4.69, 9.17) is 14.6 Å². The van der Waals surface area contributed by atoms with Crippen molar-refractivity contribution in [2.24, 2.45) is 11.8 Å². The third-order valence-corrected chi connectivity index (χ3v) is 4.96. The molecule has 8 nitrogen and oxygen atoms in total. The van der Waals surface area contributed by atoms with E-state index in [2.05, 4.69) is 9.97 Å². The van der Waals surface area contributed by atoms with Crippen LogP contribution in [0.1, 0.15) is 25.7 Å². The normalized spacial score (nSPS) is 18.8. The average molecular weight is 399 g/mol. The number of aromatic nitrogens is 2. The minimum atomic E-state index is -0.948. The summed E-state index contributed by atoms with van der Waals surface area (Å²) in [6, 6.07) is 9.21. The molecule has 3 rings (SSSR count). The van der Waals surface area contributed by atoms with E-state index >= 15 is 0 Å². The zero-order valence-corrected chi connectivity index (χ0v) is 16.1. The van der Waals surface area contributed by atoms with Crippen molar-refractivity contribution in [2.45, 2.75) is 25.7 Å². The minimum Gasteiger partial charge on any atom is -0.480 e. The standard InChI is InChI=1S/C21H25N3O5/c25-20(26)15-28-13-16-6-8-17(9-7-16)14-29-21(27)24(18-4-2-1-3-5-18)19-12-22-10-11-23-19/h1-5,10-12,16-17H,6-9,13-15H2,(H,25,26)/t16-,17-. The summed E-state index contributed by atoms with van der Waals surface area (Å²) in [7, 11) is 0. The first kappa shape index (κ1) is 20.7. The van der Waals surface area contributed by atoms with Gasteiger partial charge < -0.3 is 14.6 Å². The summed E-state index contributed by atoms with van der Waals surface area (Å²) in [6.07, 6.45) is 7.85. The molecule has 1 aromatic carbocycles. The second kappa shape index (κ2) is 10.5. The lowest BCUT2D eigenvalue weighted by molar-refractivity contribution is -0.142. The molecule has 0 bridgehead atoms. The summed E-state index contributed by atoms with van der Waals surface area (Å²) < 4.78 is 10.8. The van der Waals surface area contributed by atoms with Gasteiger partial charge in [-0.1, -0.05) is 18.2 Å². The fourth-order valence-electron chi connectivity index (χ4n) is 3.45. The molecule has 0 atom stereocenters. The number of para-hydroxylation sites is 1. The Bertz CT molecular complexity index is 740. The molecular formula is C21H25N3O5. The molecule has 1 fully saturated rings. The van der Waals surface area contributed by atoms with Gasteiger partial charge in [0.2, 0.25) is 0 Å². The second-order valence-corrected chi connectivity index (χ2v) is 7.11. The molecule has 154 valence electrons. The van der Waals surface area contributed by atoms with Gasteiger partial charge in [-0.3, -0.25) is 4.98 Å². The van der Waals surface area contributed by atoms with Gasteiger partial charge in [0.15, 0.2) is 5.82 Å². The summed E-state index contributed by atoms with van der Waals surface area (Å²) in [5.41, 5.74) is 0.664. The van der Waals surface area contributed by atoms with Crippen LogP contribution in [0, 0.1) is 11.8 Å². The van der Waals surface area contributed by atoms with Crippen molar-refractivity contribution in [2.75, 3.05) is 24.7 Å². The fourth-order valence-corrected chi connectivity index (χ4v) is 3.45. The van der Waals surface area contributed by atoms with E-state index in [-0.39, 0.29) is 12.5 Å². The van der Waals surface area contributed by atoms with Gasteiger partial charge in [-0.05, 0) is 49.7 Å². The van der Waals surface area contributed by atoms with Crippen LogP contribution in [0.15, 0.2) is 48.9 Å². The summed E-state index contributed by atoms with van der Waals surface area (Å²) >= 11 is 0. The smallest absolute Gasteiger partial charge is 0.420 e. The first-order chi connectivity index (χ1) is 14.1. The van der Waals surface area contributed by atoms with E-state index in [1.165, 1.54) is 17.3 Å². The van der Waals surface area contributed by atoms with Crippen LogP contribution in [0.4, 0.5) is 16.3 Å². The Morgan fingerprint density at radius 2 is 1.72 bits per heavy atom. The maximum Gasteiger partial charge on any atom is 0.420 e. The van der Waals surface area contributed by atoms with Gasteiger partial charge in [0.1, 0.15) is 6.61 Å². The maximum atomic E-state index is 12.8. The number of carboxylic acid groups (broad SMARTS) is 1. The van der Waals surface area contributed by atoms with Crippen LogP contribution < -0.4 is 4.90 Å². The number of carboxylic acids is 1. The van der Waals surface area contributed by atoms with Gasteiger partial charge in [-0.2, -0.15) is 0 Å². The van der Waals surface area contributed by atoms with Gasteiger partial charge >= 0.3 is 12.1 Å². The highest BCUT2D eigenvalue weighted by molar-refractivity contribution is 5.94. The molecule has 0 aliphatic heterocycles. The van der Waals surface area contributed by atoms with Gasteiger partial charge in [0.05, 0.1) is 25.1 Å². The van der Waals surface area contributed by atoms with E-state index < -0.39 is 12.1 Å². The van der Waals surface area contributed by atoms with E-state index in [1.54, 1.807) is 6.20 Å². The summed E-state index contributed by atoms with van der Waals surface area (Å²) in [5, 5.41) is 8.63. The Labute approximate surface area is 169 Å². The van der Waals surface area contributed by atoms with Crippen molar-refractivity contribution in [1.29, 1.82) is 0 Å². The van der Waals surface area contributed by atoms with E-state index in [0.717, 1.165) is 25.7 Å². The molecule has 1 aliphatic rings. The molecule has 1 amide bonds. The molecule has 0 unspecified atom stereocenters. The Balaban J connectivity index is 1.52. The molecule has 0 radical (unpaired) electrons. The minimum absolute atomic E-state index is 0.255. The maximum absolute atomic E-state index is 12.8. The number of nitrogens with zero attached hydrogens (tertiary/aromatic N) is 3. The topological polar surface area (TPSA) is 102 Å². The Morgan fingerprint density at radius 3 is 2.34 bits per heavy atom. The molecule has 29 heavy (non-hydrogen) atoms. The van der Waals surface area contributed by atoms with Crippen LogP contribution in [0.25, 0.3) is 0 Å². The van der Waals surface area contributed by atoms with Gasteiger partial charge in [0, 0.05) is 12.4 Å². The fraction of sp³-hybridized carbons (Fsp3) is 0.429. The first-order valence-electron chi connectivity index (χ1n) is 9.71. The zero-order valence-electron chi connectivity index (χ0n) is 16.1. The molecular weight excluding hydrogens is 374 g/mol. The Morgan fingerprint density at radius 1 is 1.03 bits per heavy atom. The molecule has 0 spiro atoms. The third-order valence-electron chi connectivity index (χ3n) is 4.96. The van der Waals surface area contributed by atoms with Gasteiger partial charge in [0.25, 0.3) is 0 Å². The largest absolute Gasteiger partial charge is 0.480 e. The molecule has 1 saturated carbocycles. The third kappa shape index (κ3) is 6.25. The number of rotatable bonds is 8. The predicted octanol–water partition coefficient (Wildman–Crippen LogP) is 3.66. The molecule has 0 saturated heterocycles. The van der Waals surface area contributed by atoms with Crippen LogP contribution in [0.3, 0.4) is 0 Å². The number of carbonyl (C=O) groups is 2. The SMILES string of the molecule is O=C(O)COC[C@H]1CC[C@H](COC(=O)N(c2ccccc2)c2cnccn2)CC1. The highest BCUT2D eigenvalue weighted by atomic mass is 16.6. The highest BCUT2D eigenvalue weighted by Gasteiger charge is 2.25. The van der Waals surface area contributed by atoms with Crippen LogP contribution in [0.5, 0.6) is 0 Å². The first-order valence-corrected chi connectivity index (χ1v) is 9.71. The van der Waals surface area contributed by atoms with Crippen molar-refractivity contribution >= 4 is 23.6 Å². The number of anilines is 2.